The third kappa shape index (κ3) is 22.8. The van der Waals surface area contributed by atoms with Gasteiger partial charge in [0.1, 0.15) is 41.8 Å². The molecule has 12 aromatic rings. The SMILES string of the molecule is CCC(C)c1ccc(S(=O)(=O)CC(c2ccccc2)c2ccccn2)cc1.CCc1oc2ccccc2c1CN(C)C(=O)c1cccc(OCc2c(C)noc2C)c1.CN(Cc1ccccc1C#N)Cc1ccccc1N1CCCCC1.CN(Cc1ccccc1N1CCOCC1)C(=O)c1ccc(OCc2ccccc2)cc1. The van der Waals surface area contributed by atoms with Crippen LogP contribution in [-0.4, -0.2) is 111 Å². The zero-order valence-electron chi connectivity index (χ0n) is 66.3. The Morgan fingerprint density at radius 2 is 1.16 bits per heavy atom. The molecular weight excluding hydrogens is 1430 g/mol. The average molecular weight is 1530 g/mol. The number of piperidine rings is 1. The number of aromatic nitrogens is 2. The maximum absolute atomic E-state index is 13.1. The molecule has 0 aliphatic carbocycles. The summed E-state index contributed by atoms with van der Waals surface area (Å²) in [6.45, 7) is 19.2. The van der Waals surface area contributed by atoms with E-state index in [9.17, 15) is 23.3 Å². The maximum Gasteiger partial charge on any atom is 0.254 e. The number of para-hydroxylation sites is 3. The van der Waals surface area contributed by atoms with E-state index in [1.165, 1.54) is 41.8 Å². The standard InChI is InChI=1S/C26H28N2O3.C25H26N2O4.C23H25NO2S.C21H25N3/c1-27(19-23-9-5-6-10-25(23)28-15-17-30-18-16-28)26(29)22-11-13-24(14-12-22)31-20-21-7-3-2-4-8-21;1-5-23-21(20-11-6-7-12-24(20)30-23)14-27(4)25(28)18-9-8-10-19(13-18)29-15-22-16(2)26-31-17(22)3;1-3-18(2)19-12-14-21(15-13-19)27(25,26)17-22(20-9-5-4-6-10-20)23-11-7-8-16-24-23;1-23(16-19-10-4-3-9-18(19)15-22)17-20-11-5-6-12-21(20)24-13-7-2-8-14-24/h2-14H,15-20H2,1H3;6-13H,5,14-15H2,1-4H3;4-16,18,22H,3,17H2,1-2H3;3-6,9-12H,2,7-8,13-14,16-17H2,1H3. The first-order valence-electron chi connectivity index (χ1n) is 39.1. The number of morpholine rings is 1. The van der Waals surface area contributed by atoms with Crippen molar-refractivity contribution >= 4 is 44.0 Å². The Kier molecular flexibility index (Phi) is 29.9. The highest BCUT2D eigenvalue weighted by Gasteiger charge is 2.27. The number of sulfone groups is 1. The van der Waals surface area contributed by atoms with E-state index in [0.29, 0.717) is 54.0 Å². The summed E-state index contributed by atoms with van der Waals surface area (Å²) in [5.74, 6) is 3.07. The predicted octanol–water partition coefficient (Wildman–Crippen LogP) is 19.2. The van der Waals surface area contributed by atoms with Crippen LogP contribution < -0.4 is 19.3 Å². The van der Waals surface area contributed by atoms with Crippen molar-refractivity contribution in [3.8, 4) is 17.6 Å². The number of nitriles is 1. The third-order valence-corrected chi connectivity index (χ3v) is 22.5. The highest BCUT2D eigenvalue weighted by molar-refractivity contribution is 7.91. The van der Waals surface area contributed by atoms with Crippen molar-refractivity contribution in [1.82, 2.24) is 24.8 Å². The summed E-state index contributed by atoms with van der Waals surface area (Å²) in [7, 11) is 2.33. The van der Waals surface area contributed by atoms with E-state index in [-0.39, 0.29) is 23.5 Å². The summed E-state index contributed by atoms with van der Waals surface area (Å²) < 4.78 is 54.6. The van der Waals surface area contributed by atoms with Crippen LogP contribution >= 0.6 is 0 Å². The van der Waals surface area contributed by atoms with Crippen molar-refractivity contribution in [2.24, 2.45) is 0 Å². The van der Waals surface area contributed by atoms with Crippen LogP contribution in [0.15, 0.2) is 269 Å². The molecule has 9 aromatic carbocycles. The van der Waals surface area contributed by atoms with Crippen LogP contribution in [0.25, 0.3) is 11.0 Å². The molecule has 17 nitrogen and oxygen atoms in total. The van der Waals surface area contributed by atoms with E-state index in [2.05, 4.69) is 95.1 Å². The number of anilines is 2. The molecule has 2 aliphatic rings. The van der Waals surface area contributed by atoms with Crippen LogP contribution in [0.1, 0.15) is 152 Å². The summed E-state index contributed by atoms with van der Waals surface area (Å²) in [5, 5.41) is 14.3. The number of fused-ring (bicyclic) bond motifs is 1. The molecule has 0 N–H and O–H groups in total. The number of pyridine rings is 1. The quantitative estimate of drug-likeness (QED) is 0.0498. The zero-order chi connectivity index (χ0) is 79.5. The monoisotopic (exact) mass is 1530 g/mol. The fourth-order valence-electron chi connectivity index (χ4n) is 14.1. The summed E-state index contributed by atoms with van der Waals surface area (Å²) in [6, 6.07) is 82.4. The van der Waals surface area contributed by atoms with E-state index in [0.717, 1.165) is 144 Å². The van der Waals surface area contributed by atoms with Gasteiger partial charge in [-0.25, -0.2) is 8.42 Å². The number of aryl methyl sites for hydroxylation is 3. The number of ether oxygens (including phenoxy) is 3. The van der Waals surface area contributed by atoms with Crippen molar-refractivity contribution in [1.29, 1.82) is 5.26 Å². The Hall–Kier alpha value is -11.6. The molecule has 5 heterocycles. The molecular formula is C95H104N8O9S. The van der Waals surface area contributed by atoms with Crippen LogP contribution in [0.3, 0.4) is 0 Å². The number of hydrogen-bond donors (Lipinski definition) is 0. The van der Waals surface area contributed by atoms with Gasteiger partial charge >= 0.3 is 0 Å². The number of amides is 2. The summed E-state index contributed by atoms with van der Waals surface area (Å²) in [5.41, 5.74) is 15.8. The third-order valence-electron chi connectivity index (χ3n) is 20.7. The number of nitrogens with zero attached hydrogens (tertiary/aromatic N) is 8. The minimum atomic E-state index is -3.44. The molecule has 0 bridgehead atoms. The molecule has 2 atom stereocenters. The van der Waals surface area contributed by atoms with Gasteiger partial charge in [0.15, 0.2) is 9.84 Å². The van der Waals surface area contributed by atoms with Gasteiger partial charge in [-0.3, -0.25) is 19.5 Å². The Balaban J connectivity index is 0.000000150. The van der Waals surface area contributed by atoms with Crippen molar-refractivity contribution in [3.63, 3.8) is 0 Å². The lowest BCUT2D eigenvalue weighted by atomic mass is 9.97. The Morgan fingerprint density at radius 1 is 0.566 bits per heavy atom. The fraction of sp³-hybridized carbons (Fsp3) is 0.295. The number of carbonyl (C=O) groups is 2. The summed E-state index contributed by atoms with van der Waals surface area (Å²) >= 11 is 0. The highest BCUT2D eigenvalue weighted by atomic mass is 32.2. The van der Waals surface area contributed by atoms with Crippen molar-refractivity contribution in [2.45, 2.75) is 123 Å². The van der Waals surface area contributed by atoms with Gasteiger partial charge in [0.05, 0.1) is 46.8 Å². The van der Waals surface area contributed by atoms with Gasteiger partial charge in [0.25, 0.3) is 11.8 Å². The minimum Gasteiger partial charge on any atom is -0.489 e. The van der Waals surface area contributed by atoms with E-state index < -0.39 is 9.84 Å². The molecule has 3 aromatic heterocycles. The normalized spacial score (nSPS) is 13.2. The number of carbonyl (C=O) groups excluding carboxylic acids is 2. The lowest BCUT2D eigenvalue weighted by Crippen LogP contribution is -2.37. The zero-order valence-corrected chi connectivity index (χ0v) is 67.1. The average Bonchev–Trinajstić information content (AvgIpc) is 1.77. The van der Waals surface area contributed by atoms with E-state index in [4.69, 9.17) is 23.2 Å². The first kappa shape index (κ1) is 82.3. The summed E-state index contributed by atoms with van der Waals surface area (Å²) in [4.78, 5) is 41.5. The van der Waals surface area contributed by atoms with Crippen molar-refractivity contribution < 1.29 is 41.2 Å². The molecule has 113 heavy (non-hydrogen) atoms. The van der Waals surface area contributed by atoms with Gasteiger partial charge in [0.2, 0.25) is 0 Å². The highest BCUT2D eigenvalue weighted by Crippen LogP contribution is 2.33. The number of furan rings is 1. The number of rotatable bonds is 26. The molecule has 0 spiro atoms. The topological polar surface area (TPSA) is 188 Å². The Labute approximate surface area is 666 Å². The van der Waals surface area contributed by atoms with Gasteiger partial charge < -0.3 is 42.8 Å². The first-order chi connectivity index (χ1) is 55.0. The molecule has 0 radical (unpaired) electrons. The van der Waals surface area contributed by atoms with Crippen LogP contribution in [-0.2, 0) is 60.4 Å². The van der Waals surface area contributed by atoms with E-state index >= 15 is 0 Å². The van der Waals surface area contributed by atoms with Crippen LogP contribution in [0.4, 0.5) is 11.4 Å². The second-order valence-corrected chi connectivity index (χ2v) is 30.9. The predicted molar refractivity (Wildman–Crippen MR) is 449 cm³/mol. The van der Waals surface area contributed by atoms with E-state index in [1.807, 2.05) is 209 Å². The molecule has 2 amide bonds. The number of benzene rings is 9. The van der Waals surface area contributed by atoms with Gasteiger partial charge in [-0.2, -0.15) is 5.26 Å². The second kappa shape index (κ2) is 41.1. The second-order valence-electron chi connectivity index (χ2n) is 28.8. The molecule has 2 aliphatic heterocycles. The molecule has 2 fully saturated rings. The van der Waals surface area contributed by atoms with Gasteiger partial charge in [-0.05, 0) is 177 Å². The summed E-state index contributed by atoms with van der Waals surface area (Å²) in [6.07, 6.45) is 7.45. The maximum atomic E-state index is 13.1. The molecule has 584 valence electrons. The van der Waals surface area contributed by atoms with Crippen LogP contribution in [0.5, 0.6) is 11.5 Å². The van der Waals surface area contributed by atoms with Crippen LogP contribution in [0, 0.1) is 25.2 Å². The molecule has 2 saturated heterocycles. The Morgan fingerprint density at radius 3 is 1.81 bits per heavy atom. The smallest absolute Gasteiger partial charge is 0.254 e. The molecule has 18 heteroatoms. The lowest BCUT2D eigenvalue weighted by molar-refractivity contribution is 0.0777. The van der Waals surface area contributed by atoms with Crippen molar-refractivity contribution in [2.75, 3.05) is 76.1 Å². The number of hydrogen-bond acceptors (Lipinski definition) is 15. The molecule has 2 unspecified atom stereocenters. The fourth-order valence-corrected chi connectivity index (χ4v) is 15.7. The molecule has 0 saturated carbocycles. The largest absolute Gasteiger partial charge is 0.489 e. The van der Waals surface area contributed by atoms with E-state index in [1.54, 1.807) is 47.3 Å². The van der Waals surface area contributed by atoms with Gasteiger partial charge in [-0.1, -0.05) is 184 Å². The Bertz CT molecular complexity index is 5100. The van der Waals surface area contributed by atoms with Gasteiger partial charge in [0, 0.05) is 124 Å². The minimum absolute atomic E-state index is 0.00327. The lowest BCUT2D eigenvalue weighted by Gasteiger charge is -2.31. The first-order valence-corrected chi connectivity index (χ1v) is 40.7. The van der Waals surface area contributed by atoms with Crippen LogP contribution in [0.2, 0.25) is 0 Å². The van der Waals surface area contributed by atoms with Crippen molar-refractivity contribution in [3.05, 3.63) is 339 Å². The van der Waals surface area contributed by atoms with Gasteiger partial charge in [-0.15, -0.1) is 0 Å². The molecule has 14 rings (SSSR count).